The first-order chi connectivity index (χ1) is 10.4. The van der Waals surface area contributed by atoms with Crippen LogP contribution in [0.1, 0.15) is 32.1 Å². The van der Waals surface area contributed by atoms with Crippen molar-refractivity contribution in [3.05, 3.63) is 12.2 Å². The van der Waals surface area contributed by atoms with Gasteiger partial charge in [0.05, 0.1) is 5.25 Å². The van der Waals surface area contributed by atoms with Gasteiger partial charge in [0.25, 0.3) is 0 Å². The first-order valence-corrected chi connectivity index (χ1v) is 9.51. The third-order valence-corrected chi connectivity index (χ3v) is 6.64. The van der Waals surface area contributed by atoms with E-state index in [4.69, 9.17) is 0 Å². The van der Waals surface area contributed by atoms with Crippen LogP contribution < -0.4 is 5.32 Å². The molecular formula is C15H24N2O4S. The smallest absolute Gasteiger partial charge is 0.234 e. The molecule has 1 heterocycles. The van der Waals surface area contributed by atoms with Crippen LogP contribution in [-0.4, -0.2) is 56.3 Å². The number of nitrogens with one attached hydrogen (secondary N) is 1. The topological polar surface area (TPSA) is 83.6 Å². The summed E-state index contributed by atoms with van der Waals surface area (Å²) in [5.41, 5.74) is 0. The number of sulfone groups is 1. The molecule has 2 amide bonds. The number of amides is 2. The van der Waals surface area contributed by atoms with Gasteiger partial charge >= 0.3 is 0 Å². The van der Waals surface area contributed by atoms with Crippen LogP contribution in [0.15, 0.2) is 12.2 Å². The molecule has 1 atom stereocenters. The lowest BCUT2D eigenvalue weighted by Crippen LogP contribution is -2.46. The van der Waals surface area contributed by atoms with E-state index in [0.29, 0.717) is 25.9 Å². The van der Waals surface area contributed by atoms with E-state index in [9.17, 15) is 18.0 Å². The van der Waals surface area contributed by atoms with E-state index in [1.165, 1.54) is 7.05 Å². The molecule has 2 rings (SSSR count). The van der Waals surface area contributed by atoms with Crippen LogP contribution in [0.25, 0.3) is 0 Å². The summed E-state index contributed by atoms with van der Waals surface area (Å²) in [6.45, 7) is 0.938. The van der Waals surface area contributed by atoms with Crippen molar-refractivity contribution in [3.8, 4) is 0 Å². The minimum Gasteiger partial charge on any atom is -0.358 e. The molecule has 0 aromatic rings. The molecule has 0 saturated carbocycles. The second-order valence-electron chi connectivity index (χ2n) is 5.99. The quantitative estimate of drug-likeness (QED) is 0.762. The molecule has 124 valence electrons. The van der Waals surface area contributed by atoms with Gasteiger partial charge in [-0.25, -0.2) is 8.42 Å². The Labute approximate surface area is 131 Å². The third-order valence-electron chi connectivity index (χ3n) is 4.49. The Morgan fingerprint density at radius 3 is 2.41 bits per heavy atom. The number of likely N-dealkylation sites (tertiary alicyclic amines) is 1. The molecule has 6 nitrogen and oxygen atoms in total. The van der Waals surface area contributed by atoms with E-state index >= 15 is 0 Å². The van der Waals surface area contributed by atoms with E-state index in [-0.39, 0.29) is 11.8 Å². The van der Waals surface area contributed by atoms with Crippen molar-refractivity contribution < 1.29 is 18.0 Å². The number of piperidine rings is 1. The maximum Gasteiger partial charge on any atom is 0.234 e. The van der Waals surface area contributed by atoms with Crippen molar-refractivity contribution in [2.45, 2.75) is 37.4 Å². The van der Waals surface area contributed by atoms with Gasteiger partial charge in [-0.3, -0.25) is 9.59 Å². The van der Waals surface area contributed by atoms with Gasteiger partial charge in [-0.05, 0) is 32.1 Å². The van der Waals surface area contributed by atoms with Gasteiger partial charge in [0.15, 0.2) is 9.84 Å². The summed E-state index contributed by atoms with van der Waals surface area (Å²) < 4.78 is 24.3. The van der Waals surface area contributed by atoms with Crippen LogP contribution in [0.4, 0.5) is 0 Å². The fraction of sp³-hybridized carbons (Fsp3) is 0.733. The van der Waals surface area contributed by atoms with Gasteiger partial charge < -0.3 is 10.2 Å². The second-order valence-corrected chi connectivity index (χ2v) is 8.27. The summed E-state index contributed by atoms with van der Waals surface area (Å²) in [7, 11) is -2.00. The fourth-order valence-electron chi connectivity index (χ4n) is 3.08. The van der Waals surface area contributed by atoms with Crippen molar-refractivity contribution in [1.82, 2.24) is 10.2 Å². The van der Waals surface area contributed by atoms with E-state index in [2.05, 4.69) is 11.4 Å². The molecule has 1 aliphatic carbocycles. The molecule has 1 N–H and O–H groups in total. The van der Waals surface area contributed by atoms with Crippen molar-refractivity contribution in [3.63, 3.8) is 0 Å². The summed E-state index contributed by atoms with van der Waals surface area (Å²) in [5, 5.41) is 1.83. The van der Waals surface area contributed by atoms with Crippen LogP contribution in [0, 0.1) is 5.92 Å². The van der Waals surface area contributed by atoms with E-state index in [0.717, 1.165) is 19.3 Å². The molecule has 1 saturated heterocycles. The Morgan fingerprint density at radius 2 is 1.86 bits per heavy atom. The number of allylic oxidation sites excluding steroid dienone is 2. The molecule has 7 heteroatoms. The highest BCUT2D eigenvalue weighted by Gasteiger charge is 2.34. The molecular weight excluding hydrogens is 304 g/mol. The van der Waals surface area contributed by atoms with Gasteiger partial charge in [0, 0.05) is 26.1 Å². The highest BCUT2D eigenvalue weighted by molar-refractivity contribution is 7.92. The summed E-state index contributed by atoms with van der Waals surface area (Å²) >= 11 is 0. The Bertz CT molecular complexity index is 548. The summed E-state index contributed by atoms with van der Waals surface area (Å²) in [6, 6.07) is 0. The molecule has 0 radical (unpaired) electrons. The lowest BCUT2D eigenvalue weighted by Gasteiger charge is -2.34. The average molecular weight is 328 g/mol. The van der Waals surface area contributed by atoms with Gasteiger partial charge in [-0.2, -0.15) is 0 Å². The van der Waals surface area contributed by atoms with Gasteiger partial charge in [0.2, 0.25) is 11.8 Å². The Balaban J connectivity index is 1.88. The zero-order valence-corrected chi connectivity index (χ0v) is 13.8. The van der Waals surface area contributed by atoms with Crippen LogP contribution >= 0.6 is 0 Å². The number of hydrogen-bond acceptors (Lipinski definition) is 4. The van der Waals surface area contributed by atoms with Gasteiger partial charge in [0.1, 0.15) is 5.75 Å². The SMILES string of the molecule is CNC(=O)CS(=O)(=O)C1CCN(C(=O)[C@@H]2CC=CCC2)CC1. The average Bonchev–Trinajstić information content (AvgIpc) is 2.54. The first kappa shape index (κ1) is 17.0. The lowest BCUT2D eigenvalue weighted by atomic mass is 9.92. The maximum absolute atomic E-state index is 12.4. The lowest BCUT2D eigenvalue weighted by molar-refractivity contribution is -0.136. The normalized spacial score (nSPS) is 23.3. The number of rotatable bonds is 4. The molecule has 22 heavy (non-hydrogen) atoms. The number of carbonyl (C=O) groups excluding carboxylic acids is 2. The fourth-order valence-corrected chi connectivity index (χ4v) is 4.76. The molecule has 1 aliphatic heterocycles. The second kappa shape index (κ2) is 7.26. The van der Waals surface area contributed by atoms with Crippen molar-refractivity contribution in [2.75, 3.05) is 25.9 Å². The number of carbonyl (C=O) groups is 2. The third kappa shape index (κ3) is 4.09. The largest absolute Gasteiger partial charge is 0.358 e. The van der Waals surface area contributed by atoms with Gasteiger partial charge in [-0.15, -0.1) is 0 Å². The molecule has 0 aromatic carbocycles. The van der Waals surface area contributed by atoms with E-state index in [1.807, 2.05) is 6.08 Å². The van der Waals surface area contributed by atoms with Crippen molar-refractivity contribution >= 4 is 21.7 Å². The van der Waals surface area contributed by atoms with E-state index < -0.39 is 26.7 Å². The molecule has 2 aliphatic rings. The Morgan fingerprint density at radius 1 is 1.18 bits per heavy atom. The monoisotopic (exact) mass is 328 g/mol. The molecule has 0 bridgehead atoms. The maximum atomic E-state index is 12.4. The van der Waals surface area contributed by atoms with Crippen molar-refractivity contribution in [2.24, 2.45) is 5.92 Å². The number of hydrogen-bond donors (Lipinski definition) is 1. The highest BCUT2D eigenvalue weighted by atomic mass is 32.2. The summed E-state index contributed by atoms with van der Waals surface area (Å²) in [5.74, 6) is -0.752. The van der Waals surface area contributed by atoms with E-state index in [1.54, 1.807) is 4.90 Å². The molecule has 0 aromatic heterocycles. The summed E-state index contributed by atoms with van der Waals surface area (Å²) in [6.07, 6.45) is 7.60. The zero-order chi connectivity index (χ0) is 16.2. The predicted molar refractivity (Wildman–Crippen MR) is 83.9 cm³/mol. The van der Waals surface area contributed by atoms with Crippen LogP contribution in [0.3, 0.4) is 0 Å². The van der Waals surface area contributed by atoms with Crippen LogP contribution in [-0.2, 0) is 19.4 Å². The number of nitrogens with zero attached hydrogens (tertiary/aromatic N) is 1. The molecule has 0 unspecified atom stereocenters. The van der Waals surface area contributed by atoms with Crippen molar-refractivity contribution in [1.29, 1.82) is 0 Å². The minimum atomic E-state index is -3.43. The Hall–Kier alpha value is -1.37. The van der Waals surface area contributed by atoms with Gasteiger partial charge in [-0.1, -0.05) is 12.2 Å². The van der Waals surface area contributed by atoms with Crippen LogP contribution in [0.2, 0.25) is 0 Å². The molecule has 1 fully saturated rings. The van der Waals surface area contributed by atoms with Crippen LogP contribution in [0.5, 0.6) is 0 Å². The highest BCUT2D eigenvalue weighted by Crippen LogP contribution is 2.24. The zero-order valence-electron chi connectivity index (χ0n) is 13.0. The molecule has 0 spiro atoms. The standard InChI is InChI=1S/C15H24N2O4S/c1-16-14(18)11-22(20,21)13-7-9-17(10-8-13)15(19)12-5-3-2-4-6-12/h2-3,12-13H,4-11H2,1H3,(H,16,18)/t12-/m1/s1. The minimum absolute atomic E-state index is 0.0454. The first-order valence-electron chi connectivity index (χ1n) is 7.80. The summed E-state index contributed by atoms with van der Waals surface area (Å²) in [4.78, 5) is 25.5. The predicted octanol–water partition coefficient (Wildman–Crippen LogP) is 0.495. The Kier molecular flexibility index (Phi) is 5.61.